The average molecular weight is 805 g/mol. The van der Waals surface area contributed by atoms with E-state index in [1.54, 1.807) is 0 Å². The Morgan fingerprint density at radius 3 is 1.24 bits per heavy atom. The van der Waals surface area contributed by atoms with Gasteiger partial charge in [0.25, 0.3) is 0 Å². The summed E-state index contributed by atoms with van der Waals surface area (Å²) >= 11 is 0. The molecular formula is C50H76O8. The van der Waals surface area contributed by atoms with Gasteiger partial charge in [-0.25, -0.2) is 0 Å². The Balaban J connectivity index is 0.000000193. The largest absolute Gasteiger partial charge is 0.493 e. The molecule has 1 unspecified atom stereocenters. The molecule has 0 radical (unpaired) electrons. The van der Waals surface area contributed by atoms with Crippen LogP contribution < -0.4 is 14.2 Å². The normalized spacial score (nSPS) is 22.6. The molecule has 3 aliphatic rings. The first-order valence-electron chi connectivity index (χ1n) is 22.8. The minimum absolute atomic E-state index is 0.157. The van der Waals surface area contributed by atoms with E-state index < -0.39 is 12.2 Å². The highest BCUT2D eigenvalue weighted by atomic mass is 16.5. The molecule has 0 aliphatic heterocycles. The Bertz CT molecular complexity index is 1450. The molecular weight excluding hydrogens is 729 g/mol. The fourth-order valence-electron chi connectivity index (χ4n) is 8.37. The fourth-order valence-corrected chi connectivity index (χ4v) is 8.37. The third-order valence-corrected chi connectivity index (χ3v) is 11.9. The SMILES string of the molecule is CCC(O)c1cccc(OCC2CCCCC2)c1.CCC[C@@H](O)c1cccc(OC[C@@H]2CCC[C@H](O)C2)c1.CCC[C@@H](O)c1cccc(OC[C@H]2CCC[C@@H](O)C2)c1. The van der Waals surface area contributed by atoms with Crippen molar-refractivity contribution in [3.63, 3.8) is 0 Å². The predicted octanol–water partition coefficient (Wildman–Crippen LogP) is 11.0. The molecule has 0 bridgehead atoms. The molecule has 3 fully saturated rings. The summed E-state index contributed by atoms with van der Waals surface area (Å²) in [4.78, 5) is 0. The zero-order valence-corrected chi connectivity index (χ0v) is 35.9. The van der Waals surface area contributed by atoms with Crippen LogP contribution in [-0.4, -0.2) is 57.6 Å². The van der Waals surface area contributed by atoms with E-state index in [9.17, 15) is 25.5 Å². The van der Waals surface area contributed by atoms with Crippen molar-refractivity contribution in [2.24, 2.45) is 17.8 Å². The smallest absolute Gasteiger partial charge is 0.119 e. The molecule has 0 spiro atoms. The number of aliphatic hydroxyl groups is 5. The van der Waals surface area contributed by atoms with Gasteiger partial charge in [0.1, 0.15) is 17.2 Å². The van der Waals surface area contributed by atoms with E-state index in [0.717, 1.165) is 130 Å². The summed E-state index contributed by atoms with van der Waals surface area (Å²) < 4.78 is 17.6. The lowest BCUT2D eigenvalue weighted by Crippen LogP contribution is -2.24. The van der Waals surface area contributed by atoms with Gasteiger partial charge in [-0.1, -0.05) is 102 Å². The lowest BCUT2D eigenvalue weighted by molar-refractivity contribution is 0.0807. The molecule has 58 heavy (non-hydrogen) atoms. The highest BCUT2D eigenvalue weighted by molar-refractivity contribution is 5.31. The van der Waals surface area contributed by atoms with Gasteiger partial charge < -0.3 is 39.7 Å². The van der Waals surface area contributed by atoms with Crippen LogP contribution in [0, 0.1) is 17.8 Å². The lowest BCUT2D eigenvalue weighted by Gasteiger charge is -2.25. The van der Waals surface area contributed by atoms with E-state index in [4.69, 9.17) is 14.2 Å². The standard InChI is InChI=1S/2C17H26O3.C16H24O2/c2*1-2-5-17(19)14-7-4-9-16(11-14)20-12-13-6-3-8-15(18)10-13;1-2-16(17)14-9-6-10-15(11-14)18-12-13-7-4-3-5-8-13/h2*4,7,9,11,13,15,17-19H,2-3,5-6,8,10,12H2,1H3;6,9-11,13,16-17H,2-5,7-8,12H2,1H3/t13-,15+,17+;13-,15+,17-;/m01./s1. The summed E-state index contributed by atoms with van der Waals surface area (Å²) in [5.74, 6) is 4.14. The van der Waals surface area contributed by atoms with Gasteiger partial charge in [0, 0.05) is 0 Å². The maximum Gasteiger partial charge on any atom is 0.119 e. The maximum absolute atomic E-state index is 10.0. The molecule has 3 aromatic carbocycles. The second-order valence-corrected chi connectivity index (χ2v) is 17.1. The van der Waals surface area contributed by atoms with Crippen LogP contribution in [-0.2, 0) is 0 Å². The monoisotopic (exact) mass is 805 g/mol. The van der Waals surface area contributed by atoms with Crippen molar-refractivity contribution in [3.05, 3.63) is 89.5 Å². The molecule has 0 aromatic heterocycles. The molecule has 324 valence electrons. The molecule has 8 nitrogen and oxygen atoms in total. The van der Waals surface area contributed by atoms with E-state index in [1.807, 2.05) is 79.7 Å². The molecule has 3 aliphatic carbocycles. The minimum atomic E-state index is -0.403. The zero-order valence-electron chi connectivity index (χ0n) is 35.9. The van der Waals surface area contributed by atoms with Crippen LogP contribution in [0.2, 0.25) is 0 Å². The maximum atomic E-state index is 10.0. The van der Waals surface area contributed by atoms with Crippen LogP contribution in [0.25, 0.3) is 0 Å². The van der Waals surface area contributed by atoms with Gasteiger partial charge in [-0.05, 0) is 141 Å². The van der Waals surface area contributed by atoms with Crippen LogP contribution in [0.3, 0.4) is 0 Å². The molecule has 0 saturated heterocycles. The Kier molecular flexibility index (Phi) is 22.0. The molecule has 0 amide bonds. The van der Waals surface area contributed by atoms with E-state index in [1.165, 1.54) is 32.1 Å². The van der Waals surface area contributed by atoms with Crippen molar-refractivity contribution in [1.29, 1.82) is 0 Å². The molecule has 3 aromatic rings. The van der Waals surface area contributed by atoms with Gasteiger partial charge in [0.2, 0.25) is 0 Å². The molecule has 0 heterocycles. The quantitative estimate of drug-likeness (QED) is 0.0912. The van der Waals surface area contributed by atoms with Crippen LogP contribution in [0.4, 0.5) is 0 Å². The van der Waals surface area contributed by atoms with Crippen molar-refractivity contribution in [3.8, 4) is 17.2 Å². The van der Waals surface area contributed by atoms with Crippen LogP contribution in [0.5, 0.6) is 17.2 Å². The lowest BCUT2D eigenvalue weighted by atomic mass is 9.88. The number of ether oxygens (including phenoxy) is 3. The predicted molar refractivity (Wildman–Crippen MR) is 233 cm³/mol. The highest BCUT2D eigenvalue weighted by Gasteiger charge is 2.22. The Labute approximate surface area is 350 Å². The first-order chi connectivity index (χ1) is 28.2. The number of benzene rings is 3. The van der Waals surface area contributed by atoms with E-state index in [0.29, 0.717) is 25.0 Å². The van der Waals surface area contributed by atoms with E-state index in [2.05, 4.69) is 13.8 Å². The summed E-state index contributed by atoms with van der Waals surface area (Å²) in [5.41, 5.74) is 2.81. The Morgan fingerprint density at radius 1 is 0.483 bits per heavy atom. The van der Waals surface area contributed by atoms with Crippen molar-refractivity contribution >= 4 is 0 Å². The summed E-state index contributed by atoms with van der Waals surface area (Å²) in [6.45, 7) is 8.26. The molecule has 8 heteroatoms. The molecule has 3 saturated carbocycles. The first kappa shape index (κ1) is 47.5. The second-order valence-electron chi connectivity index (χ2n) is 17.1. The van der Waals surface area contributed by atoms with Gasteiger partial charge in [-0.3, -0.25) is 0 Å². The third-order valence-electron chi connectivity index (χ3n) is 11.9. The van der Waals surface area contributed by atoms with Crippen molar-refractivity contribution in [2.75, 3.05) is 19.8 Å². The Morgan fingerprint density at radius 2 is 0.862 bits per heavy atom. The van der Waals surface area contributed by atoms with Crippen LogP contribution in [0.1, 0.15) is 171 Å². The minimum Gasteiger partial charge on any atom is -0.493 e. The number of rotatable bonds is 17. The number of hydrogen-bond donors (Lipinski definition) is 5. The third kappa shape index (κ3) is 17.6. The van der Waals surface area contributed by atoms with Gasteiger partial charge in [0.15, 0.2) is 0 Å². The summed E-state index contributed by atoms with van der Waals surface area (Å²) in [6, 6.07) is 23.3. The topological polar surface area (TPSA) is 129 Å². The molecule has 5 N–H and O–H groups in total. The van der Waals surface area contributed by atoms with Gasteiger partial charge in [-0.15, -0.1) is 0 Å². The van der Waals surface area contributed by atoms with Crippen molar-refractivity contribution in [2.45, 2.75) is 167 Å². The van der Waals surface area contributed by atoms with Crippen LogP contribution >= 0.6 is 0 Å². The first-order valence-corrected chi connectivity index (χ1v) is 22.8. The fraction of sp³-hybridized carbons (Fsp3) is 0.640. The van der Waals surface area contributed by atoms with Crippen molar-refractivity contribution in [1.82, 2.24) is 0 Å². The van der Waals surface area contributed by atoms with Crippen LogP contribution in [0.15, 0.2) is 72.8 Å². The summed E-state index contributed by atoms with van der Waals surface area (Å²) in [5, 5.41) is 49.2. The number of aliphatic hydroxyl groups excluding tert-OH is 5. The second kappa shape index (κ2) is 26.9. The van der Waals surface area contributed by atoms with Gasteiger partial charge >= 0.3 is 0 Å². The van der Waals surface area contributed by atoms with Gasteiger partial charge in [-0.2, -0.15) is 0 Å². The van der Waals surface area contributed by atoms with E-state index in [-0.39, 0.29) is 18.3 Å². The number of hydrogen-bond acceptors (Lipinski definition) is 8. The summed E-state index contributed by atoms with van der Waals surface area (Å²) in [6.07, 6.45) is 17.4. The highest BCUT2D eigenvalue weighted by Crippen LogP contribution is 2.30. The van der Waals surface area contributed by atoms with Gasteiger partial charge in [0.05, 0.1) is 50.3 Å². The Hall–Kier alpha value is -3.14. The van der Waals surface area contributed by atoms with E-state index >= 15 is 0 Å². The average Bonchev–Trinajstić information content (AvgIpc) is 3.25. The molecule has 6 rings (SSSR count). The van der Waals surface area contributed by atoms with Crippen molar-refractivity contribution < 1.29 is 39.7 Å². The zero-order chi connectivity index (χ0) is 41.5. The molecule has 7 atom stereocenters. The summed E-state index contributed by atoms with van der Waals surface area (Å²) in [7, 11) is 0.